The van der Waals surface area contributed by atoms with E-state index in [4.69, 9.17) is 11.0 Å². The first kappa shape index (κ1) is 11.9. The van der Waals surface area contributed by atoms with Crippen LogP contribution in [0.2, 0.25) is 0 Å². The molecule has 0 amide bonds. The Morgan fingerprint density at radius 1 is 1.61 bits per heavy atom. The Kier molecular flexibility index (Phi) is 3.10. The van der Waals surface area contributed by atoms with Gasteiger partial charge in [-0.25, -0.2) is 9.61 Å². The van der Waals surface area contributed by atoms with Crippen molar-refractivity contribution in [3.05, 3.63) is 18.0 Å². The summed E-state index contributed by atoms with van der Waals surface area (Å²) in [5, 5.41) is 16.0. The monoisotopic (exact) mass is 244 g/mol. The van der Waals surface area contributed by atoms with Crippen LogP contribution in [0.5, 0.6) is 0 Å². The fourth-order valence-corrected chi connectivity index (χ4v) is 1.49. The van der Waals surface area contributed by atoms with Gasteiger partial charge in [0.2, 0.25) is 0 Å². The number of aromatic nitrogens is 4. The lowest BCUT2D eigenvalue weighted by Gasteiger charge is -1.98. The Labute approximate surface area is 103 Å². The second kappa shape index (κ2) is 4.71. The van der Waals surface area contributed by atoms with Crippen LogP contribution in [-0.4, -0.2) is 19.9 Å². The van der Waals surface area contributed by atoms with E-state index in [9.17, 15) is 0 Å². The molecular formula is C11H12N6O. The zero-order valence-electron chi connectivity index (χ0n) is 10.1. The van der Waals surface area contributed by atoms with Gasteiger partial charge in [0, 0.05) is 6.20 Å². The van der Waals surface area contributed by atoms with Crippen molar-refractivity contribution in [3.63, 3.8) is 0 Å². The second-order valence-corrected chi connectivity index (χ2v) is 3.71. The van der Waals surface area contributed by atoms with Crippen molar-refractivity contribution >= 4 is 11.4 Å². The van der Waals surface area contributed by atoms with E-state index in [-0.39, 0.29) is 12.4 Å². The average Bonchev–Trinajstić information content (AvgIpc) is 2.95. The van der Waals surface area contributed by atoms with Crippen LogP contribution in [0.4, 0.5) is 5.82 Å². The number of imidazole rings is 1. The van der Waals surface area contributed by atoms with Crippen molar-refractivity contribution in [2.24, 2.45) is 0 Å². The molecule has 0 fully saturated rings. The minimum absolute atomic E-state index is 0.157. The molecule has 0 saturated heterocycles. The summed E-state index contributed by atoms with van der Waals surface area (Å²) in [7, 11) is 0. The van der Waals surface area contributed by atoms with Gasteiger partial charge in [-0.3, -0.25) is 0 Å². The van der Waals surface area contributed by atoms with Gasteiger partial charge in [0.1, 0.15) is 6.54 Å². The SMILES string of the molecule is C/C=C(\C)c1cn(CC#N)c(-c2nonc2N)n1. The van der Waals surface area contributed by atoms with Gasteiger partial charge < -0.3 is 10.3 Å². The number of nitrogen functional groups attached to an aromatic ring is 1. The predicted octanol–water partition coefficient (Wildman–Crippen LogP) is 1.46. The number of nitriles is 1. The summed E-state index contributed by atoms with van der Waals surface area (Å²) in [6.45, 7) is 4.02. The topological polar surface area (TPSA) is 107 Å². The van der Waals surface area contributed by atoms with Gasteiger partial charge in [0.25, 0.3) is 0 Å². The first-order chi connectivity index (χ1) is 8.67. The molecule has 0 bridgehead atoms. The average molecular weight is 244 g/mol. The molecule has 2 aromatic rings. The fraction of sp³-hybridized carbons (Fsp3) is 0.273. The molecule has 0 spiro atoms. The van der Waals surface area contributed by atoms with E-state index >= 15 is 0 Å². The molecule has 0 radical (unpaired) electrons. The fourth-order valence-electron chi connectivity index (χ4n) is 1.49. The Morgan fingerprint density at radius 3 is 2.94 bits per heavy atom. The van der Waals surface area contributed by atoms with Crippen LogP contribution in [0.3, 0.4) is 0 Å². The summed E-state index contributed by atoms with van der Waals surface area (Å²) in [5.74, 6) is 0.635. The van der Waals surface area contributed by atoms with Crippen LogP contribution in [0.25, 0.3) is 17.1 Å². The quantitative estimate of drug-likeness (QED) is 0.875. The first-order valence-electron chi connectivity index (χ1n) is 5.33. The van der Waals surface area contributed by atoms with Crippen LogP contribution in [0.1, 0.15) is 19.5 Å². The Morgan fingerprint density at radius 2 is 2.39 bits per heavy atom. The Balaban J connectivity index is 2.56. The highest BCUT2D eigenvalue weighted by molar-refractivity contribution is 5.67. The molecule has 2 heterocycles. The number of rotatable bonds is 3. The van der Waals surface area contributed by atoms with E-state index in [1.54, 1.807) is 10.8 Å². The number of nitrogens with zero attached hydrogens (tertiary/aromatic N) is 5. The summed E-state index contributed by atoms with van der Waals surface area (Å²) < 4.78 is 6.22. The minimum Gasteiger partial charge on any atom is -0.379 e. The lowest BCUT2D eigenvalue weighted by molar-refractivity contribution is 0.310. The van der Waals surface area contributed by atoms with Gasteiger partial charge in [-0.2, -0.15) is 5.26 Å². The maximum Gasteiger partial charge on any atom is 0.199 e. The molecule has 18 heavy (non-hydrogen) atoms. The van der Waals surface area contributed by atoms with Crippen molar-refractivity contribution in [3.8, 4) is 17.6 Å². The molecule has 0 unspecified atom stereocenters. The Hall–Kier alpha value is -2.62. The minimum atomic E-state index is 0.157. The van der Waals surface area contributed by atoms with E-state index < -0.39 is 0 Å². The van der Waals surface area contributed by atoms with Crippen molar-refractivity contribution < 1.29 is 4.63 Å². The van der Waals surface area contributed by atoms with Crippen molar-refractivity contribution in [1.29, 1.82) is 5.26 Å². The molecule has 7 heteroatoms. The summed E-state index contributed by atoms with van der Waals surface area (Å²) in [4.78, 5) is 4.40. The van der Waals surface area contributed by atoms with E-state index in [1.807, 2.05) is 19.9 Å². The summed E-state index contributed by atoms with van der Waals surface area (Å²) in [6.07, 6.45) is 3.72. The number of hydrogen-bond donors (Lipinski definition) is 1. The third kappa shape index (κ3) is 1.96. The van der Waals surface area contributed by atoms with Gasteiger partial charge in [0.15, 0.2) is 17.3 Å². The van der Waals surface area contributed by atoms with Crippen molar-refractivity contribution in [2.45, 2.75) is 20.4 Å². The largest absolute Gasteiger partial charge is 0.379 e. The molecule has 0 atom stereocenters. The number of hydrogen-bond acceptors (Lipinski definition) is 6. The number of nitrogens with two attached hydrogens (primary N) is 1. The van der Waals surface area contributed by atoms with Gasteiger partial charge in [-0.05, 0) is 29.7 Å². The maximum absolute atomic E-state index is 8.81. The van der Waals surface area contributed by atoms with Crippen LogP contribution >= 0.6 is 0 Å². The molecule has 0 aliphatic heterocycles. The third-order valence-corrected chi connectivity index (χ3v) is 2.58. The molecule has 0 aromatic carbocycles. The normalized spacial score (nSPS) is 11.5. The van der Waals surface area contributed by atoms with Crippen LogP contribution < -0.4 is 5.73 Å². The van der Waals surface area contributed by atoms with Gasteiger partial charge >= 0.3 is 0 Å². The second-order valence-electron chi connectivity index (χ2n) is 3.71. The maximum atomic E-state index is 8.81. The highest BCUT2D eigenvalue weighted by Crippen LogP contribution is 2.24. The summed E-state index contributed by atoms with van der Waals surface area (Å²) in [5.41, 5.74) is 7.76. The smallest absolute Gasteiger partial charge is 0.199 e. The summed E-state index contributed by atoms with van der Waals surface area (Å²) in [6, 6.07) is 2.06. The molecule has 2 rings (SSSR count). The molecule has 0 aliphatic rings. The highest BCUT2D eigenvalue weighted by Gasteiger charge is 2.17. The van der Waals surface area contributed by atoms with Gasteiger partial charge in [0.05, 0.1) is 11.8 Å². The lowest BCUT2D eigenvalue weighted by atomic mass is 10.2. The molecule has 2 N–H and O–H groups in total. The standard InChI is InChI=1S/C11H12N6O/c1-3-7(2)8-6-17(5-4-12)11(14-8)9-10(13)16-18-15-9/h3,6H,5H2,1-2H3,(H2,13,16)/b7-3+. The highest BCUT2D eigenvalue weighted by atomic mass is 16.6. The third-order valence-electron chi connectivity index (χ3n) is 2.58. The van der Waals surface area contributed by atoms with Crippen LogP contribution in [-0.2, 0) is 6.54 Å². The zero-order valence-corrected chi connectivity index (χ0v) is 10.1. The van der Waals surface area contributed by atoms with Gasteiger partial charge in [-0.15, -0.1) is 0 Å². The van der Waals surface area contributed by atoms with Crippen molar-refractivity contribution in [1.82, 2.24) is 19.9 Å². The van der Waals surface area contributed by atoms with Gasteiger partial charge in [-0.1, -0.05) is 6.08 Å². The number of allylic oxidation sites excluding steroid dienone is 2. The first-order valence-corrected chi connectivity index (χ1v) is 5.33. The number of anilines is 1. The molecular weight excluding hydrogens is 232 g/mol. The molecule has 0 aliphatic carbocycles. The van der Waals surface area contributed by atoms with E-state index in [0.717, 1.165) is 11.3 Å². The lowest BCUT2D eigenvalue weighted by Crippen LogP contribution is -1.99. The Bertz CT molecular complexity index is 630. The molecule has 0 saturated carbocycles. The van der Waals surface area contributed by atoms with Crippen LogP contribution in [0, 0.1) is 11.3 Å². The van der Waals surface area contributed by atoms with Crippen molar-refractivity contribution in [2.75, 3.05) is 5.73 Å². The van der Waals surface area contributed by atoms with E-state index in [0.29, 0.717) is 11.5 Å². The molecule has 2 aromatic heterocycles. The van der Waals surface area contributed by atoms with E-state index in [2.05, 4.69) is 26.0 Å². The predicted molar refractivity (Wildman–Crippen MR) is 64.9 cm³/mol. The molecule has 7 nitrogen and oxygen atoms in total. The summed E-state index contributed by atoms with van der Waals surface area (Å²) >= 11 is 0. The molecule has 92 valence electrons. The van der Waals surface area contributed by atoms with E-state index in [1.165, 1.54) is 0 Å². The van der Waals surface area contributed by atoms with Crippen LogP contribution in [0.15, 0.2) is 16.9 Å². The zero-order chi connectivity index (χ0) is 13.1.